The first-order valence-electron chi connectivity index (χ1n) is 7.20. The number of benzene rings is 2. The molecule has 0 bridgehead atoms. The van der Waals surface area contributed by atoms with Crippen LogP contribution in [0.2, 0.25) is 0 Å². The van der Waals surface area contributed by atoms with Crippen LogP contribution in [0.15, 0.2) is 59.8 Å². The summed E-state index contributed by atoms with van der Waals surface area (Å²) < 4.78 is 7.24. The minimum Gasteiger partial charge on any atom is -0.496 e. The molecule has 0 radical (unpaired) electrons. The fourth-order valence-corrected chi connectivity index (χ4v) is 2.39. The second-order valence-electron chi connectivity index (χ2n) is 5.14. The maximum atomic E-state index is 12.4. The first-order chi connectivity index (χ1) is 11.2. The smallest absolute Gasteiger partial charge is 0.275 e. The quantitative estimate of drug-likeness (QED) is 0.595. The fourth-order valence-electron chi connectivity index (χ4n) is 2.39. The molecule has 0 spiro atoms. The third-order valence-corrected chi connectivity index (χ3v) is 3.66. The lowest BCUT2D eigenvalue weighted by Crippen LogP contribution is -2.18. The zero-order valence-electron chi connectivity index (χ0n) is 13.0. The Hall–Kier alpha value is -3.08. The van der Waals surface area contributed by atoms with Crippen molar-refractivity contribution in [1.82, 2.24) is 9.99 Å². The molecule has 0 unspecified atom stereocenters. The van der Waals surface area contributed by atoms with E-state index in [4.69, 9.17) is 4.74 Å². The van der Waals surface area contributed by atoms with Gasteiger partial charge in [0.25, 0.3) is 5.91 Å². The van der Waals surface area contributed by atoms with Gasteiger partial charge in [0.15, 0.2) is 0 Å². The number of hydrazone groups is 1. The molecule has 23 heavy (non-hydrogen) atoms. The van der Waals surface area contributed by atoms with Crippen LogP contribution in [-0.4, -0.2) is 23.8 Å². The summed E-state index contributed by atoms with van der Waals surface area (Å²) in [5.41, 5.74) is 3.89. The van der Waals surface area contributed by atoms with E-state index in [0.717, 1.165) is 16.5 Å². The molecule has 0 fully saturated rings. The monoisotopic (exact) mass is 307 g/mol. The molecule has 3 aromatic rings. The highest BCUT2D eigenvalue weighted by Gasteiger charge is 2.13. The van der Waals surface area contributed by atoms with Crippen LogP contribution < -0.4 is 10.2 Å². The summed E-state index contributed by atoms with van der Waals surface area (Å²) in [7, 11) is 3.46. The number of hydrogen-bond donors (Lipinski definition) is 1. The van der Waals surface area contributed by atoms with Gasteiger partial charge in [0, 0.05) is 13.2 Å². The number of amides is 1. The summed E-state index contributed by atoms with van der Waals surface area (Å²) in [5, 5.41) is 6.00. The van der Waals surface area contributed by atoms with Gasteiger partial charge in [-0.1, -0.05) is 24.3 Å². The Morgan fingerprint density at radius 3 is 2.57 bits per heavy atom. The second kappa shape index (κ2) is 6.36. The Bertz CT molecular complexity index is 881. The lowest BCUT2D eigenvalue weighted by Gasteiger charge is -2.09. The molecule has 116 valence electrons. The van der Waals surface area contributed by atoms with Crippen LogP contribution in [0.5, 0.6) is 5.75 Å². The lowest BCUT2D eigenvalue weighted by molar-refractivity contribution is 0.0952. The Kier molecular flexibility index (Phi) is 4.10. The van der Waals surface area contributed by atoms with Crippen molar-refractivity contribution in [3.63, 3.8) is 0 Å². The summed E-state index contributed by atoms with van der Waals surface area (Å²) in [5.74, 6) is 0.216. The van der Waals surface area contributed by atoms with E-state index >= 15 is 0 Å². The van der Waals surface area contributed by atoms with E-state index in [1.54, 1.807) is 13.3 Å². The predicted octanol–water partition coefficient (Wildman–Crippen LogP) is 2.95. The molecule has 5 heteroatoms. The summed E-state index contributed by atoms with van der Waals surface area (Å²) in [6.07, 6.45) is 3.51. The SMILES string of the molecule is COc1cc2ccccc2cc1C(=O)NN=Cc1cccn1C. The summed E-state index contributed by atoms with van der Waals surface area (Å²) in [6.45, 7) is 0. The molecule has 0 saturated heterocycles. The molecule has 0 aliphatic carbocycles. The molecule has 5 nitrogen and oxygen atoms in total. The third kappa shape index (κ3) is 3.08. The number of ether oxygens (including phenoxy) is 1. The molecule has 2 aromatic carbocycles. The minimum absolute atomic E-state index is 0.307. The van der Waals surface area contributed by atoms with Crippen molar-refractivity contribution >= 4 is 22.9 Å². The molecular weight excluding hydrogens is 290 g/mol. The molecule has 1 aromatic heterocycles. The zero-order chi connectivity index (χ0) is 16.2. The number of aromatic nitrogens is 1. The van der Waals surface area contributed by atoms with E-state index in [9.17, 15) is 4.79 Å². The largest absolute Gasteiger partial charge is 0.496 e. The number of aryl methyl sites for hydroxylation is 1. The lowest BCUT2D eigenvalue weighted by atomic mass is 10.1. The molecule has 0 atom stereocenters. The van der Waals surface area contributed by atoms with Crippen LogP contribution >= 0.6 is 0 Å². The van der Waals surface area contributed by atoms with E-state index in [1.165, 1.54) is 0 Å². The van der Waals surface area contributed by atoms with Gasteiger partial charge in [0.05, 0.1) is 24.6 Å². The number of methoxy groups -OCH3 is 1. The van der Waals surface area contributed by atoms with Gasteiger partial charge >= 0.3 is 0 Å². The first kappa shape index (κ1) is 14.8. The predicted molar refractivity (Wildman–Crippen MR) is 91.0 cm³/mol. The van der Waals surface area contributed by atoms with Crippen LogP contribution in [0.4, 0.5) is 0 Å². The Morgan fingerprint density at radius 2 is 1.91 bits per heavy atom. The first-order valence-corrected chi connectivity index (χ1v) is 7.20. The topological polar surface area (TPSA) is 55.6 Å². The van der Waals surface area contributed by atoms with Gasteiger partial charge in [-0.2, -0.15) is 5.10 Å². The number of nitrogens with one attached hydrogen (secondary N) is 1. The molecule has 1 amide bonds. The Balaban J connectivity index is 1.85. The number of hydrogen-bond acceptors (Lipinski definition) is 3. The maximum absolute atomic E-state index is 12.4. The normalized spacial score (nSPS) is 11.0. The Morgan fingerprint density at radius 1 is 1.17 bits per heavy atom. The fraction of sp³-hybridized carbons (Fsp3) is 0.111. The van der Waals surface area contributed by atoms with Crippen molar-refractivity contribution in [3.8, 4) is 5.75 Å². The van der Waals surface area contributed by atoms with Gasteiger partial charge in [0.1, 0.15) is 5.75 Å². The zero-order valence-corrected chi connectivity index (χ0v) is 13.0. The van der Waals surface area contributed by atoms with Crippen molar-refractivity contribution in [3.05, 3.63) is 66.0 Å². The molecule has 3 rings (SSSR count). The van der Waals surface area contributed by atoms with Crippen molar-refractivity contribution in [1.29, 1.82) is 0 Å². The standard InChI is InChI=1S/C18H17N3O2/c1-21-9-5-8-15(21)12-19-20-18(22)16-10-13-6-3-4-7-14(13)11-17(16)23-2/h3-12H,1-2H3,(H,20,22). The van der Waals surface area contributed by atoms with Gasteiger partial charge in [-0.15, -0.1) is 0 Å². The van der Waals surface area contributed by atoms with Crippen LogP contribution in [0.3, 0.4) is 0 Å². The summed E-state index contributed by atoms with van der Waals surface area (Å²) >= 11 is 0. The number of carbonyl (C=O) groups is 1. The number of nitrogens with zero attached hydrogens (tertiary/aromatic N) is 2. The minimum atomic E-state index is -0.307. The maximum Gasteiger partial charge on any atom is 0.275 e. The second-order valence-corrected chi connectivity index (χ2v) is 5.14. The van der Waals surface area contributed by atoms with E-state index in [1.807, 2.05) is 66.3 Å². The molecule has 1 heterocycles. The average Bonchev–Trinajstić information content (AvgIpc) is 2.98. The van der Waals surface area contributed by atoms with Gasteiger partial charge in [-0.25, -0.2) is 5.43 Å². The highest BCUT2D eigenvalue weighted by atomic mass is 16.5. The van der Waals surface area contributed by atoms with Crippen LogP contribution in [0.25, 0.3) is 10.8 Å². The van der Waals surface area contributed by atoms with E-state index in [2.05, 4.69) is 10.5 Å². The number of fused-ring (bicyclic) bond motifs is 1. The Labute approximate surface area is 134 Å². The average molecular weight is 307 g/mol. The highest BCUT2D eigenvalue weighted by Crippen LogP contribution is 2.25. The van der Waals surface area contributed by atoms with Gasteiger partial charge < -0.3 is 9.30 Å². The third-order valence-electron chi connectivity index (χ3n) is 3.66. The van der Waals surface area contributed by atoms with Gasteiger partial charge in [-0.05, 0) is 35.0 Å². The summed E-state index contributed by atoms with van der Waals surface area (Å²) in [6, 6.07) is 15.3. The molecule has 1 N–H and O–H groups in total. The molecule has 0 aliphatic rings. The van der Waals surface area contributed by atoms with E-state index in [0.29, 0.717) is 11.3 Å². The molecule has 0 saturated carbocycles. The van der Waals surface area contributed by atoms with Gasteiger partial charge in [0.2, 0.25) is 0 Å². The van der Waals surface area contributed by atoms with Crippen molar-refractivity contribution < 1.29 is 9.53 Å². The van der Waals surface area contributed by atoms with Crippen LogP contribution in [0, 0.1) is 0 Å². The van der Waals surface area contributed by atoms with Gasteiger partial charge in [-0.3, -0.25) is 4.79 Å². The van der Waals surface area contributed by atoms with Crippen molar-refractivity contribution in [2.45, 2.75) is 0 Å². The number of carbonyl (C=O) groups excluding carboxylic acids is 1. The highest BCUT2D eigenvalue weighted by molar-refractivity contribution is 6.01. The number of rotatable bonds is 4. The molecular formula is C18H17N3O2. The van der Waals surface area contributed by atoms with E-state index in [-0.39, 0.29) is 5.91 Å². The van der Waals surface area contributed by atoms with E-state index < -0.39 is 0 Å². The summed E-state index contributed by atoms with van der Waals surface area (Å²) in [4.78, 5) is 12.4. The molecule has 0 aliphatic heterocycles. The van der Waals surface area contributed by atoms with Crippen LogP contribution in [-0.2, 0) is 7.05 Å². The van der Waals surface area contributed by atoms with Crippen molar-refractivity contribution in [2.75, 3.05) is 7.11 Å². The van der Waals surface area contributed by atoms with Crippen LogP contribution in [0.1, 0.15) is 16.1 Å². The van der Waals surface area contributed by atoms with Crippen molar-refractivity contribution in [2.24, 2.45) is 12.1 Å².